The first-order valence-corrected chi connectivity index (χ1v) is 3.75. The lowest BCUT2D eigenvalue weighted by molar-refractivity contribution is -0.210. The van der Waals surface area contributed by atoms with E-state index < -0.39 is 18.3 Å². The molecule has 0 aliphatic rings. The summed E-state index contributed by atoms with van der Waals surface area (Å²) in [5.41, 5.74) is 5.13. The summed E-state index contributed by atoms with van der Waals surface area (Å²) < 4.78 is 35.5. The molecule has 0 aromatic heterocycles. The van der Waals surface area contributed by atoms with Gasteiger partial charge in [0.05, 0.1) is 0 Å². The second-order valence-electron chi connectivity index (χ2n) is 3.28. The second-order valence-corrected chi connectivity index (χ2v) is 3.28. The van der Waals surface area contributed by atoms with Crippen LogP contribution in [0.25, 0.3) is 0 Å². The zero-order valence-electron chi connectivity index (χ0n) is 7.10. The number of rotatable bonds is 3. The van der Waals surface area contributed by atoms with E-state index in [4.69, 9.17) is 10.8 Å². The lowest BCUT2D eigenvalue weighted by Gasteiger charge is -2.22. The number of aliphatic hydroxyl groups excluding tert-OH is 1. The SMILES string of the molecule is CC(C)C[C@@H](N)[C@H](O)C(F)(F)F. The maximum atomic E-state index is 11.8. The van der Waals surface area contributed by atoms with E-state index >= 15 is 0 Å². The Hall–Kier alpha value is -0.290. The molecule has 3 N–H and O–H groups in total. The highest BCUT2D eigenvalue weighted by Gasteiger charge is 2.42. The Bertz CT molecular complexity index is 135. The smallest absolute Gasteiger partial charge is 0.382 e. The van der Waals surface area contributed by atoms with Crippen LogP contribution in [0.15, 0.2) is 0 Å². The molecule has 0 saturated carbocycles. The van der Waals surface area contributed by atoms with Crippen LogP contribution in [0, 0.1) is 5.92 Å². The van der Waals surface area contributed by atoms with Gasteiger partial charge in [0.25, 0.3) is 0 Å². The summed E-state index contributed by atoms with van der Waals surface area (Å²) in [5, 5.41) is 8.65. The molecule has 2 atom stereocenters. The number of alkyl halides is 3. The average Bonchev–Trinajstić information content (AvgIpc) is 1.82. The molecule has 0 saturated heterocycles. The molecule has 0 aromatic rings. The van der Waals surface area contributed by atoms with Crippen LogP contribution in [0.1, 0.15) is 20.3 Å². The van der Waals surface area contributed by atoms with E-state index in [0.717, 1.165) is 0 Å². The summed E-state index contributed by atoms with van der Waals surface area (Å²) >= 11 is 0. The standard InChI is InChI=1S/C7H14F3NO/c1-4(2)3-5(11)6(12)7(8,9)10/h4-6,12H,3,11H2,1-2H3/t5-,6+/m1/s1. The molecule has 0 rings (SSSR count). The van der Waals surface area contributed by atoms with E-state index in [1.54, 1.807) is 13.8 Å². The van der Waals surface area contributed by atoms with Gasteiger partial charge < -0.3 is 10.8 Å². The Morgan fingerprint density at radius 2 is 1.75 bits per heavy atom. The van der Waals surface area contributed by atoms with Crippen LogP contribution in [0.3, 0.4) is 0 Å². The van der Waals surface area contributed by atoms with E-state index in [9.17, 15) is 13.2 Å². The normalized spacial score (nSPS) is 18.0. The van der Waals surface area contributed by atoms with Crippen molar-refractivity contribution < 1.29 is 18.3 Å². The quantitative estimate of drug-likeness (QED) is 0.695. The highest BCUT2D eigenvalue weighted by molar-refractivity contribution is 4.78. The number of nitrogens with two attached hydrogens (primary N) is 1. The second kappa shape index (κ2) is 4.09. The van der Waals surface area contributed by atoms with Crippen molar-refractivity contribution in [1.29, 1.82) is 0 Å². The van der Waals surface area contributed by atoms with Crippen molar-refractivity contribution in [3.63, 3.8) is 0 Å². The Morgan fingerprint density at radius 3 is 2.00 bits per heavy atom. The van der Waals surface area contributed by atoms with Crippen LogP contribution < -0.4 is 5.73 Å². The maximum Gasteiger partial charge on any atom is 0.415 e. The number of hydrogen-bond donors (Lipinski definition) is 2. The van der Waals surface area contributed by atoms with Crippen LogP contribution in [0.2, 0.25) is 0 Å². The van der Waals surface area contributed by atoms with Gasteiger partial charge in [0.15, 0.2) is 6.10 Å². The zero-order chi connectivity index (χ0) is 9.94. The predicted molar refractivity (Wildman–Crippen MR) is 39.5 cm³/mol. The van der Waals surface area contributed by atoms with Crippen LogP contribution in [0.4, 0.5) is 13.2 Å². The van der Waals surface area contributed by atoms with Crippen molar-refractivity contribution in [1.82, 2.24) is 0 Å². The Morgan fingerprint density at radius 1 is 1.33 bits per heavy atom. The molecule has 5 heteroatoms. The van der Waals surface area contributed by atoms with Gasteiger partial charge in [0, 0.05) is 6.04 Å². The van der Waals surface area contributed by atoms with Gasteiger partial charge in [-0.25, -0.2) is 0 Å². The predicted octanol–water partition coefficient (Wildman–Crippen LogP) is 1.28. The summed E-state index contributed by atoms with van der Waals surface area (Å²) in [4.78, 5) is 0. The van der Waals surface area contributed by atoms with Crippen molar-refractivity contribution in [2.24, 2.45) is 11.7 Å². The third-order valence-electron chi connectivity index (χ3n) is 1.48. The molecule has 0 bridgehead atoms. The van der Waals surface area contributed by atoms with Crippen LogP contribution in [-0.2, 0) is 0 Å². The van der Waals surface area contributed by atoms with Gasteiger partial charge in [0.2, 0.25) is 0 Å². The van der Waals surface area contributed by atoms with Crippen LogP contribution in [0.5, 0.6) is 0 Å². The fraction of sp³-hybridized carbons (Fsp3) is 1.00. The first-order chi connectivity index (χ1) is 5.25. The average molecular weight is 185 g/mol. The van der Waals surface area contributed by atoms with Crippen molar-refractivity contribution in [3.8, 4) is 0 Å². The monoisotopic (exact) mass is 185 g/mol. The van der Waals surface area contributed by atoms with Crippen LogP contribution in [-0.4, -0.2) is 23.4 Å². The molecule has 2 nitrogen and oxygen atoms in total. The molecular formula is C7H14F3NO. The molecule has 0 spiro atoms. The van der Waals surface area contributed by atoms with E-state index in [0.29, 0.717) is 0 Å². The Labute approximate surface area is 69.6 Å². The molecule has 0 heterocycles. The van der Waals surface area contributed by atoms with Gasteiger partial charge in [-0.05, 0) is 12.3 Å². The third kappa shape index (κ3) is 3.92. The molecule has 0 aliphatic heterocycles. The number of halogens is 3. The van der Waals surface area contributed by atoms with E-state index in [1.807, 2.05) is 0 Å². The molecule has 0 amide bonds. The molecule has 0 fully saturated rings. The third-order valence-corrected chi connectivity index (χ3v) is 1.48. The number of hydrogen-bond acceptors (Lipinski definition) is 2. The van der Waals surface area contributed by atoms with Gasteiger partial charge >= 0.3 is 6.18 Å². The van der Waals surface area contributed by atoms with Crippen molar-refractivity contribution >= 4 is 0 Å². The fourth-order valence-electron chi connectivity index (χ4n) is 0.916. The van der Waals surface area contributed by atoms with E-state index in [1.165, 1.54) is 0 Å². The first-order valence-electron chi connectivity index (χ1n) is 3.75. The zero-order valence-corrected chi connectivity index (χ0v) is 7.10. The summed E-state index contributed by atoms with van der Waals surface area (Å²) in [6, 6.07) is -1.22. The van der Waals surface area contributed by atoms with Gasteiger partial charge in [-0.15, -0.1) is 0 Å². The van der Waals surface area contributed by atoms with E-state index in [-0.39, 0.29) is 12.3 Å². The van der Waals surface area contributed by atoms with Crippen molar-refractivity contribution in [2.45, 2.75) is 38.6 Å². The highest BCUT2D eigenvalue weighted by atomic mass is 19.4. The highest BCUT2D eigenvalue weighted by Crippen LogP contribution is 2.23. The Balaban J connectivity index is 4.01. The van der Waals surface area contributed by atoms with Gasteiger partial charge in [0.1, 0.15) is 0 Å². The minimum absolute atomic E-state index is 0.0528. The van der Waals surface area contributed by atoms with Gasteiger partial charge in [-0.3, -0.25) is 0 Å². The largest absolute Gasteiger partial charge is 0.415 e. The van der Waals surface area contributed by atoms with Crippen molar-refractivity contribution in [3.05, 3.63) is 0 Å². The van der Waals surface area contributed by atoms with Crippen LogP contribution >= 0.6 is 0 Å². The number of aliphatic hydroxyl groups is 1. The topological polar surface area (TPSA) is 46.2 Å². The maximum absolute atomic E-state index is 11.8. The minimum atomic E-state index is -4.60. The van der Waals surface area contributed by atoms with Crippen molar-refractivity contribution in [2.75, 3.05) is 0 Å². The first kappa shape index (κ1) is 11.7. The molecule has 0 radical (unpaired) electrons. The minimum Gasteiger partial charge on any atom is -0.382 e. The molecular weight excluding hydrogens is 171 g/mol. The summed E-state index contributed by atoms with van der Waals surface area (Å²) in [6.45, 7) is 3.51. The molecule has 74 valence electrons. The van der Waals surface area contributed by atoms with Gasteiger partial charge in [-0.1, -0.05) is 13.8 Å². The molecule has 0 aliphatic carbocycles. The summed E-state index contributed by atoms with van der Waals surface area (Å²) in [7, 11) is 0. The fourth-order valence-corrected chi connectivity index (χ4v) is 0.916. The molecule has 0 aromatic carbocycles. The molecule has 0 unspecified atom stereocenters. The lowest BCUT2D eigenvalue weighted by atomic mass is 10.00. The lowest BCUT2D eigenvalue weighted by Crippen LogP contribution is -2.45. The summed E-state index contributed by atoms with van der Waals surface area (Å²) in [5.74, 6) is 0.0528. The Kier molecular flexibility index (Phi) is 3.99. The summed E-state index contributed by atoms with van der Waals surface area (Å²) in [6.07, 6.45) is -6.84. The molecule has 12 heavy (non-hydrogen) atoms. The van der Waals surface area contributed by atoms with Gasteiger partial charge in [-0.2, -0.15) is 13.2 Å². The van der Waals surface area contributed by atoms with E-state index in [2.05, 4.69) is 0 Å².